The van der Waals surface area contributed by atoms with Crippen molar-refractivity contribution in [2.45, 2.75) is 32.8 Å². The number of nitrogens with one attached hydrogen (secondary N) is 3. The summed E-state index contributed by atoms with van der Waals surface area (Å²) in [5.41, 5.74) is 2.39. The van der Waals surface area contributed by atoms with E-state index in [0.717, 1.165) is 50.5 Å². The van der Waals surface area contributed by atoms with Gasteiger partial charge < -0.3 is 20.7 Å². The van der Waals surface area contributed by atoms with Gasteiger partial charge in [-0.1, -0.05) is 6.07 Å². The molecule has 1 heterocycles. The molecule has 116 valence electrons. The number of carbonyl (C=O) groups is 1. The fraction of sp³-hybridized carbons (Fsp3) is 0.562. The Morgan fingerprint density at radius 2 is 2.24 bits per heavy atom. The highest BCUT2D eigenvalue weighted by Gasteiger charge is 2.15. The number of hydrogen-bond donors (Lipinski definition) is 3. The fourth-order valence-electron chi connectivity index (χ4n) is 2.32. The van der Waals surface area contributed by atoms with Crippen molar-refractivity contribution in [2.75, 3.05) is 31.5 Å². The number of hydrogen-bond acceptors (Lipinski definition) is 4. The normalized spacial score (nSPS) is 16.6. The topological polar surface area (TPSA) is 62.4 Å². The van der Waals surface area contributed by atoms with Crippen molar-refractivity contribution in [3.05, 3.63) is 23.8 Å². The first kappa shape index (κ1) is 15.6. The Kier molecular flexibility index (Phi) is 5.87. The van der Waals surface area contributed by atoms with Crippen LogP contribution in [0, 0.1) is 0 Å². The summed E-state index contributed by atoms with van der Waals surface area (Å²) in [5.74, 6) is 0.980. The van der Waals surface area contributed by atoms with E-state index in [1.807, 2.05) is 6.07 Å². The van der Waals surface area contributed by atoms with Crippen LogP contribution in [-0.2, 0) is 11.2 Å². The average molecular weight is 291 g/mol. The standard InChI is InChI=1S/C16H25N3O2/c1-12-11-19-15-10-14(4-5-16(15)21-12)6-9-17-7-3-8-18-13(2)20/h4-5,10,12,17,19H,3,6-9,11H2,1-2H3,(H,18,20). The van der Waals surface area contributed by atoms with Gasteiger partial charge in [0, 0.05) is 13.5 Å². The largest absolute Gasteiger partial charge is 0.487 e. The fourth-order valence-corrected chi connectivity index (χ4v) is 2.32. The molecular formula is C16H25N3O2. The van der Waals surface area contributed by atoms with E-state index in [-0.39, 0.29) is 12.0 Å². The van der Waals surface area contributed by atoms with E-state index in [1.165, 1.54) is 5.56 Å². The van der Waals surface area contributed by atoms with Crippen LogP contribution in [0.5, 0.6) is 5.75 Å². The molecule has 1 aromatic rings. The van der Waals surface area contributed by atoms with E-state index in [0.29, 0.717) is 0 Å². The lowest BCUT2D eigenvalue weighted by Crippen LogP contribution is -2.28. The second kappa shape index (κ2) is 7.88. The van der Waals surface area contributed by atoms with E-state index in [2.05, 4.69) is 35.0 Å². The van der Waals surface area contributed by atoms with Crippen molar-refractivity contribution in [1.82, 2.24) is 10.6 Å². The average Bonchev–Trinajstić information content (AvgIpc) is 2.46. The molecule has 5 heteroatoms. The van der Waals surface area contributed by atoms with Gasteiger partial charge in [-0.25, -0.2) is 0 Å². The van der Waals surface area contributed by atoms with Crippen molar-refractivity contribution in [2.24, 2.45) is 0 Å². The monoisotopic (exact) mass is 291 g/mol. The Bertz CT molecular complexity index is 477. The zero-order chi connectivity index (χ0) is 15.1. The maximum Gasteiger partial charge on any atom is 0.216 e. The predicted molar refractivity (Wildman–Crippen MR) is 84.9 cm³/mol. The maximum atomic E-state index is 10.7. The molecule has 3 N–H and O–H groups in total. The Hall–Kier alpha value is -1.75. The first-order valence-electron chi connectivity index (χ1n) is 7.64. The molecule has 0 spiro atoms. The van der Waals surface area contributed by atoms with Gasteiger partial charge in [0.2, 0.25) is 5.91 Å². The minimum atomic E-state index is 0.0353. The third-order valence-electron chi connectivity index (χ3n) is 3.45. The van der Waals surface area contributed by atoms with Crippen LogP contribution in [0.4, 0.5) is 5.69 Å². The maximum absolute atomic E-state index is 10.7. The molecule has 5 nitrogen and oxygen atoms in total. The van der Waals surface area contributed by atoms with Crippen LogP contribution in [-0.4, -0.2) is 38.2 Å². The summed E-state index contributed by atoms with van der Waals surface area (Å²) in [5, 5.41) is 9.58. The number of anilines is 1. The minimum Gasteiger partial charge on any atom is -0.487 e. The SMILES string of the molecule is CC(=O)NCCCNCCc1ccc2c(c1)NCC(C)O2. The highest BCUT2D eigenvalue weighted by molar-refractivity contribution is 5.72. The lowest BCUT2D eigenvalue weighted by atomic mass is 10.1. The molecule has 1 aliphatic heterocycles. The number of ether oxygens (including phenoxy) is 1. The van der Waals surface area contributed by atoms with Crippen LogP contribution in [0.1, 0.15) is 25.8 Å². The molecule has 1 amide bonds. The number of benzene rings is 1. The minimum absolute atomic E-state index is 0.0353. The Morgan fingerprint density at radius 1 is 1.38 bits per heavy atom. The summed E-state index contributed by atoms with van der Waals surface area (Å²) in [4.78, 5) is 10.7. The van der Waals surface area contributed by atoms with Gasteiger partial charge in [0.05, 0.1) is 12.2 Å². The molecule has 0 aromatic heterocycles. The van der Waals surface area contributed by atoms with Crippen molar-refractivity contribution in [1.29, 1.82) is 0 Å². The summed E-state index contributed by atoms with van der Waals surface area (Å²) in [6.45, 7) is 7.06. The zero-order valence-electron chi connectivity index (χ0n) is 12.9. The molecule has 1 aromatic carbocycles. The van der Waals surface area contributed by atoms with Crippen LogP contribution in [0.2, 0.25) is 0 Å². The first-order valence-corrected chi connectivity index (χ1v) is 7.64. The summed E-state index contributed by atoms with van der Waals surface area (Å²) >= 11 is 0. The Labute approximate surface area is 126 Å². The molecule has 1 unspecified atom stereocenters. The van der Waals surface area contributed by atoms with Gasteiger partial charge >= 0.3 is 0 Å². The highest BCUT2D eigenvalue weighted by atomic mass is 16.5. The molecule has 1 aliphatic rings. The van der Waals surface area contributed by atoms with E-state index < -0.39 is 0 Å². The van der Waals surface area contributed by atoms with Crippen molar-refractivity contribution >= 4 is 11.6 Å². The summed E-state index contributed by atoms with van der Waals surface area (Å²) in [6.07, 6.45) is 2.18. The van der Waals surface area contributed by atoms with Gasteiger partial charge in [0.25, 0.3) is 0 Å². The van der Waals surface area contributed by atoms with Gasteiger partial charge in [-0.3, -0.25) is 4.79 Å². The summed E-state index contributed by atoms with van der Waals surface area (Å²) < 4.78 is 5.76. The molecule has 0 bridgehead atoms. The van der Waals surface area contributed by atoms with E-state index in [9.17, 15) is 4.79 Å². The second-order valence-corrected chi connectivity index (χ2v) is 5.48. The predicted octanol–water partition coefficient (Wildman–Crippen LogP) is 1.54. The van der Waals surface area contributed by atoms with Crippen LogP contribution in [0.3, 0.4) is 0 Å². The van der Waals surface area contributed by atoms with Crippen molar-refractivity contribution in [3.63, 3.8) is 0 Å². The third kappa shape index (κ3) is 5.27. The van der Waals surface area contributed by atoms with Gasteiger partial charge in [-0.05, 0) is 50.6 Å². The van der Waals surface area contributed by atoms with Crippen LogP contribution >= 0.6 is 0 Å². The van der Waals surface area contributed by atoms with Gasteiger partial charge in [-0.15, -0.1) is 0 Å². The molecule has 1 atom stereocenters. The number of fused-ring (bicyclic) bond motifs is 1. The van der Waals surface area contributed by atoms with E-state index >= 15 is 0 Å². The Morgan fingerprint density at radius 3 is 3.05 bits per heavy atom. The zero-order valence-corrected chi connectivity index (χ0v) is 12.9. The van der Waals surface area contributed by atoms with Crippen molar-refractivity contribution in [3.8, 4) is 5.75 Å². The molecule has 0 radical (unpaired) electrons. The quantitative estimate of drug-likeness (QED) is 0.667. The van der Waals surface area contributed by atoms with E-state index in [1.54, 1.807) is 6.92 Å². The lowest BCUT2D eigenvalue weighted by molar-refractivity contribution is -0.118. The van der Waals surface area contributed by atoms with Crippen molar-refractivity contribution < 1.29 is 9.53 Å². The lowest BCUT2D eigenvalue weighted by Gasteiger charge is -2.25. The molecule has 0 aliphatic carbocycles. The van der Waals surface area contributed by atoms with Crippen LogP contribution in [0.15, 0.2) is 18.2 Å². The summed E-state index contributed by atoms with van der Waals surface area (Å²) in [6, 6.07) is 6.34. The van der Waals surface area contributed by atoms with Gasteiger partial charge in [0.15, 0.2) is 0 Å². The number of amides is 1. The van der Waals surface area contributed by atoms with Crippen LogP contribution in [0.25, 0.3) is 0 Å². The van der Waals surface area contributed by atoms with Crippen LogP contribution < -0.4 is 20.7 Å². The second-order valence-electron chi connectivity index (χ2n) is 5.48. The van der Waals surface area contributed by atoms with Gasteiger partial charge in [0.1, 0.15) is 11.9 Å². The third-order valence-corrected chi connectivity index (χ3v) is 3.45. The smallest absolute Gasteiger partial charge is 0.216 e. The van der Waals surface area contributed by atoms with E-state index in [4.69, 9.17) is 4.74 Å². The molecule has 0 saturated carbocycles. The van der Waals surface area contributed by atoms with Gasteiger partial charge in [-0.2, -0.15) is 0 Å². The molecular weight excluding hydrogens is 266 g/mol. The number of carbonyl (C=O) groups excluding carboxylic acids is 1. The first-order chi connectivity index (χ1) is 10.1. The molecule has 21 heavy (non-hydrogen) atoms. The molecule has 0 saturated heterocycles. The summed E-state index contributed by atoms with van der Waals surface area (Å²) in [7, 11) is 0. The Balaban J connectivity index is 1.66. The highest BCUT2D eigenvalue weighted by Crippen LogP contribution is 2.29. The number of rotatable bonds is 7. The molecule has 0 fully saturated rings. The molecule has 2 rings (SSSR count).